The number of halogens is 3. The lowest BCUT2D eigenvalue weighted by atomic mass is 10.1. The molecule has 1 aromatic carbocycles. The van der Waals surface area contributed by atoms with Gasteiger partial charge in [-0.25, -0.2) is 13.8 Å². The average molecular weight is 399 g/mol. The Morgan fingerprint density at radius 2 is 1.81 bits per heavy atom. The van der Waals surface area contributed by atoms with Crippen molar-refractivity contribution >= 4 is 29.0 Å². The molecule has 2 rings (SSSR count). The zero-order chi connectivity index (χ0) is 19.9. The SMILES string of the molecule is C/C=C\N=C(/CNc1ccc(C(C)(F)F)cc1)N1CCN(C(=O)CCl)CC1. The van der Waals surface area contributed by atoms with Crippen molar-refractivity contribution in [3.8, 4) is 0 Å². The van der Waals surface area contributed by atoms with E-state index in [-0.39, 0.29) is 17.4 Å². The van der Waals surface area contributed by atoms with Crippen LogP contribution in [0.5, 0.6) is 0 Å². The van der Waals surface area contributed by atoms with Crippen LogP contribution in [-0.4, -0.2) is 60.1 Å². The van der Waals surface area contributed by atoms with Crippen molar-refractivity contribution in [3.05, 3.63) is 42.1 Å². The molecular formula is C19H25ClF2N4O. The highest BCUT2D eigenvalue weighted by Gasteiger charge is 2.24. The van der Waals surface area contributed by atoms with Crippen LogP contribution in [0, 0.1) is 0 Å². The van der Waals surface area contributed by atoms with E-state index in [0.29, 0.717) is 32.7 Å². The quantitative estimate of drug-likeness (QED) is 0.453. The second kappa shape index (κ2) is 9.69. The molecule has 1 fully saturated rings. The fourth-order valence-corrected chi connectivity index (χ4v) is 2.93. The fraction of sp³-hybridized carbons (Fsp3) is 0.474. The second-order valence-corrected chi connectivity index (χ2v) is 6.62. The van der Waals surface area contributed by atoms with Gasteiger partial charge in [0.05, 0.1) is 6.54 Å². The Morgan fingerprint density at radius 1 is 1.22 bits per heavy atom. The van der Waals surface area contributed by atoms with Gasteiger partial charge in [-0.3, -0.25) is 4.79 Å². The number of benzene rings is 1. The van der Waals surface area contributed by atoms with Crippen LogP contribution >= 0.6 is 11.6 Å². The standard InChI is InChI=1S/C19H25ClF2N4O/c1-3-8-23-17(25-9-11-26(12-10-25)18(27)13-20)14-24-16-6-4-15(5-7-16)19(2,21)22/h3-8,24H,9-14H2,1-2H3/b8-3-,23-17+. The van der Waals surface area contributed by atoms with Crippen LogP contribution in [0.2, 0.25) is 0 Å². The molecule has 1 aliphatic heterocycles. The highest BCUT2D eigenvalue weighted by molar-refractivity contribution is 6.27. The molecular weight excluding hydrogens is 374 g/mol. The maximum Gasteiger partial charge on any atom is 0.270 e. The van der Waals surface area contributed by atoms with E-state index in [1.807, 2.05) is 13.0 Å². The minimum atomic E-state index is -2.85. The largest absolute Gasteiger partial charge is 0.378 e. The van der Waals surface area contributed by atoms with Crippen LogP contribution < -0.4 is 5.32 Å². The van der Waals surface area contributed by atoms with Gasteiger partial charge in [0.1, 0.15) is 11.7 Å². The maximum atomic E-state index is 13.3. The molecule has 1 N–H and O–H groups in total. The molecule has 8 heteroatoms. The number of allylic oxidation sites excluding steroid dienone is 1. The number of carbonyl (C=O) groups excluding carboxylic acids is 1. The van der Waals surface area contributed by atoms with Crippen molar-refractivity contribution in [2.24, 2.45) is 4.99 Å². The normalized spacial score (nSPS) is 16.1. The van der Waals surface area contributed by atoms with E-state index in [1.54, 1.807) is 23.2 Å². The fourth-order valence-electron chi connectivity index (χ4n) is 2.76. The number of carbonyl (C=O) groups is 1. The van der Waals surface area contributed by atoms with Gasteiger partial charge >= 0.3 is 0 Å². The van der Waals surface area contributed by atoms with Gasteiger partial charge in [0, 0.05) is 50.6 Å². The number of nitrogens with one attached hydrogen (secondary N) is 1. The van der Waals surface area contributed by atoms with Crippen molar-refractivity contribution in [2.45, 2.75) is 19.8 Å². The van der Waals surface area contributed by atoms with Crippen LogP contribution in [0.1, 0.15) is 19.4 Å². The lowest BCUT2D eigenvalue weighted by Crippen LogP contribution is -2.52. The highest BCUT2D eigenvalue weighted by Crippen LogP contribution is 2.27. The van der Waals surface area contributed by atoms with Crippen molar-refractivity contribution in [2.75, 3.05) is 43.9 Å². The third kappa shape index (κ3) is 6.20. The molecule has 0 radical (unpaired) electrons. The topological polar surface area (TPSA) is 47.9 Å². The van der Waals surface area contributed by atoms with E-state index >= 15 is 0 Å². The molecule has 148 valence electrons. The van der Waals surface area contributed by atoms with Crippen molar-refractivity contribution in [1.82, 2.24) is 9.80 Å². The minimum absolute atomic E-state index is 0.00608. The van der Waals surface area contributed by atoms with Crippen LogP contribution in [0.4, 0.5) is 14.5 Å². The lowest BCUT2D eigenvalue weighted by Gasteiger charge is -2.36. The van der Waals surface area contributed by atoms with Gasteiger partial charge in [-0.1, -0.05) is 18.2 Å². The number of piperazine rings is 1. The lowest BCUT2D eigenvalue weighted by molar-refractivity contribution is -0.129. The molecule has 0 saturated carbocycles. The summed E-state index contributed by atoms with van der Waals surface area (Å²) in [4.78, 5) is 20.0. The molecule has 5 nitrogen and oxygen atoms in total. The molecule has 1 aliphatic rings. The summed E-state index contributed by atoms with van der Waals surface area (Å²) in [6, 6.07) is 6.11. The summed E-state index contributed by atoms with van der Waals surface area (Å²) in [5, 5.41) is 3.22. The van der Waals surface area contributed by atoms with Gasteiger partial charge in [0.15, 0.2) is 0 Å². The maximum absolute atomic E-state index is 13.3. The average Bonchev–Trinajstić information content (AvgIpc) is 2.67. The van der Waals surface area contributed by atoms with E-state index in [9.17, 15) is 13.6 Å². The van der Waals surface area contributed by atoms with Crippen LogP contribution in [0.15, 0.2) is 41.5 Å². The first kappa shape index (κ1) is 21.2. The molecule has 1 heterocycles. The predicted octanol–water partition coefficient (Wildman–Crippen LogP) is 3.53. The molecule has 0 aliphatic carbocycles. The predicted molar refractivity (Wildman–Crippen MR) is 106 cm³/mol. The number of anilines is 1. The van der Waals surface area contributed by atoms with Gasteiger partial charge in [-0.2, -0.15) is 0 Å². The smallest absolute Gasteiger partial charge is 0.270 e. The van der Waals surface area contributed by atoms with Gasteiger partial charge in [0.2, 0.25) is 5.91 Å². The number of nitrogens with zero attached hydrogens (tertiary/aromatic N) is 3. The molecule has 1 saturated heterocycles. The van der Waals surface area contributed by atoms with Crippen LogP contribution in [-0.2, 0) is 10.7 Å². The van der Waals surface area contributed by atoms with Gasteiger partial charge < -0.3 is 15.1 Å². The summed E-state index contributed by atoms with van der Waals surface area (Å²) in [5.74, 6) is -2.09. The Bertz CT molecular complexity index is 678. The molecule has 0 spiro atoms. The molecule has 0 unspecified atom stereocenters. The van der Waals surface area contributed by atoms with Crippen LogP contribution in [0.25, 0.3) is 0 Å². The van der Waals surface area contributed by atoms with E-state index in [1.165, 1.54) is 12.1 Å². The molecule has 0 atom stereocenters. The zero-order valence-corrected chi connectivity index (χ0v) is 16.3. The highest BCUT2D eigenvalue weighted by atomic mass is 35.5. The van der Waals surface area contributed by atoms with E-state index < -0.39 is 5.92 Å². The first-order valence-electron chi connectivity index (χ1n) is 8.84. The Kier molecular flexibility index (Phi) is 7.59. The van der Waals surface area contributed by atoms with E-state index in [2.05, 4.69) is 15.2 Å². The Morgan fingerprint density at radius 3 is 2.33 bits per heavy atom. The number of aliphatic imine (C=N–C) groups is 1. The monoisotopic (exact) mass is 398 g/mol. The van der Waals surface area contributed by atoms with Crippen molar-refractivity contribution in [1.29, 1.82) is 0 Å². The molecule has 0 aromatic heterocycles. The zero-order valence-electron chi connectivity index (χ0n) is 15.6. The first-order valence-corrected chi connectivity index (χ1v) is 9.37. The van der Waals surface area contributed by atoms with Gasteiger partial charge in [0.25, 0.3) is 5.92 Å². The molecule has 1 aromatic rings. The van der Waals surface area contributed by atoms with Gasteiger partial charge in [-0.05, 0) is 19.1 Å². The molecule has 1 amide bonds. The minimum Gasteiger partial charge on any atom is -0.378 e. The summed E-state index contributed by atoms with van der Waals surface area (Å²) >= 11 is 5.61. The van der Waals surface area contributed by atoms with Crippen molar-refractivity contribution in [3.63, 3.8) is 0 Å². The number of rotatable bonds is 6. The number of amides is 1. The number of hydrogen-bond donors (Lipinski definition) is 1. The second-order valence-electron chi connectivity index (χ2n) is 6.35. The molecule has 27 heavy (non-hydrogen) atoms. The summed E-state index contributed by atoms with van der Waals surface area (Å²) in [5.41, 5.74) is 0.725. The number of alkyl halides is 3. The Labute approximate surface area is 163 Å². The Balaban J connectivity index is 1.98. The van der Waals surface area contributed by atoms with Crippen molar-refractivity contribution < 1.29 is 13.6 Å². The van der Waals surface area contributed by atoms with E-state index in [0.717, 1.165) is 18.4 Å². The molecule has 0 bridgehead atoms. The Hall–Kier alpha value is -2.15. The first-order chi connectivity index (χ1) is 12.8. The number of amidine groups is 1. The van der Waals surface area contributed by atoms with Crippen LogP contribution in [0.3, 0.4) is 0 Å². The third-order valence-corrected chi connectivity index (χ3v) is 4.56. The van der Waals surface area contributed by atoms with E-state index in [4.69, 9.17) is 11.6 Å². The summed E-state index contributed by atoms with van der Waals surface area (Å²) < 4.78 is 26.6. The third-order valence-electron chi connectivity index (χ3n) is 4.33. The summed E-state index contributed by atoms with van der Waals surface area (Å²) in [6.07, 6.45) is 3.55. The van der Waals surface area contributed by atoms with Gasteiger partial charge in [-0.15, -0.1) is 11.6 Å². The number of hydrogen-bond acceptors (Lipinski definition) is 3. The summed E-state index contributed by atoms with van der Waals surface area (Å²) in [7, 11) is 0. The summed E-state index contributed by atoms with van der Waals surface area (Å²) in [6.45, 7) is 5.75.